The Morgan fingerprint density at radius 3 is 2.53 bits per heavy atom. The van der Waals surface area contributed by atoms with Crippen LogP contribution in [0.3, 0.4) is 0 Å². The highest BCUT2D eigenvalue weighted by Gasteiger charge is 2.25. The summed E-state index contributed by atoms with van der Waals surface area (Å²) < 4.78 is 26.9. The van der Waals surface area contributed by atoms with E-state index in [1.807, 2.05) is 0 Å². The van der Waals surface area contributed by atoms with Crippen molar-refractivity contribution in [3.63, 3.8) is 0 Å². The molecule has 0 amide bonds. The molecular weight excluding hydrogens is 266 g/mol. The van der Waals surface area contributed by atoms with Crippen LogP contribution in [0.2, 0.25) is 0 Å². The third-order valence-electron chi connectivity index (χ3n) is 2.70. The van der Waals surface area contributed by atoms with Crippen molar-refractivity contribution in [2.45, 2.75) is 37.6 Å². The van der Waals surface area contributed by atoms with E-state index in [4.69, 9.17) is 5.11 Å². The molecule has 0 saturated heterocycles. The van der Waals surface area contributed by atoms with Gasteiger partial charge in [0.2, 0.25) is 10.0 Å². The van der Waals surface area contributed by atoms with E-state index >= 15 is 0 Å². The molecule has 0 aliphatic heterocycles. The first-order valence-corrected chi connectivity index (χ1v) is 7.42. The van der Waals surface area contributed by atoms with E-state index in [1.165, 1.54) is 25.1 Å². The first-order chi connectivity index (χ1) is 8.68. The average molecular weight is 285 g/mol. The number of hydrogen-bond acceptors (Lipinski definition) is 4. The van der Waals surface area contributed by atoms with Gasteiger partial charge in [0.25, 0.3) is 0 Å². The van der Waals surface area contributed by atoms with Crippen molar-refractivity contribution in [2.24, 2.45) is 0 Å². The zero-order chi connectivity index (χ0) is 14.7. The number of aliphatic hydroxyl groups excluding tert-OH is 1. The number of nitrogens with one attached hydrogen (secondary N) is 1. The van der Waals surface area contributed by atoms with Gasteiger partial charge in [-0.25, -0.2) is 13.1 Å². The molecular formula is C13H19NO4S. The summed E-state index contributed by atoms with van der Waals surface area (Å²) in [6.45, 7) is 4.66. The zero-order valence-electron chi connectivity index (χ0n) is 11.3. The van der Waals surface area contributed by atoms with E-state index in [1.54, 1.807) is 19.9 Å². The fraction of sp³-hybridized carbons (Fsp3) is 0.462. The minimum absolute atomic E-state index is 0.0474. The van der Waals surface area contributed by atoms with Crippen molar-refractivity contribution in [3.05, 3.63) is 29.8 Å². The number of carbonyl (C=O) groups is 1. The minimum Gasteiger partial charge on any atom is -0.396 e. The van der Waals surface area contributed by atoms with Crippen LogP contribution in [0.4, 0.5) is 0 Å². The largest absolute Gasteiger partial charge is 0.396 e. The fourth-order valence-electron chi connectivity index (χ4n) is 1.64. The maximum absolute atomic E-state index is 12.2. The highest BCUT2D eigenvalue weighted by atomic mass is 32.2. The normalized spacial score (nSPS) is 12.4. The average Bonchev–Trinajstić information content (AvgIpc) is 2.27. The lowest BCUT2D eigenvalue weighted by Crippen LogP contribution is -2.43. The number of aliphatic hydroxyl groups is 1. The molecule has 0 atom stereocenters. The van der Waals surface area contributed by atoms with E-state index in [0.717, 1.165) is 0 Å². The maximum Gasteiger partial charge on any atom is 0.241 e. The lowest BCUT2D eigenvalue weighted by molar-refractivity contribution is 0.101. The molecule has 0 aliphatic rings. The van der Waals surface area contributed by atoms with Crippen LogP contribution in [0.25, 0.3) is 0 Å². The van der Waals surface area contributed by atoms with Crippen molar-refractivity contribution in [3.8, 4) is 0 Å². The summed E-state index contributed by atoms with van der Waals surface area (Å²) in [6, 6.07) is 5.88. The predicted octanol–water partition coefficient (Wildman–Crippen LogP) is 1.33. The van der Waals surface area contributed by atoms with Crippen LogP contribution >= 0.6 is 0 Å². The van der Waals surface area contributed by atoms with Crippen molar-refractivity contribution < 1.29 is 18.3 Å². The summed E-state index contributed by atoms with van der Waals surface area (Å²) in [6.07, 6.45) is 0.304. The number of ketones is 1. The van der Waals surface area contributed by atoms with Gasteiger partial charge in [0, 0.05) is 17.7 Å². The molecule has 0 aromatic heterocycles. The second kappa shape index (κ2) is 5.81. The molecule has 0 heterocycles. The van der Waals surface area contributed by atoms with Gasteiger partial charge in [0.1, 0.15) is 0 Å². The molecule has 106 valence electrons. The maximum atomic E-state index is 12.2. The standard InChI is InChI=1S/C13H19NO4S/c1-10(16)11-5-4-6-12(9-11)19(17,18)14-13(2,3)7-8-15/h4-6,9,14-15H,7-8H2,1-3H3. The third kappa shape index (κ3) is 4.41. The van der Waals surface area contributed by atoms with Crippen molar-refractivity contribution in [2.75, 3.05) is 6.61 Å². The topological polar surface area (TPSA) is 83.5 Å². The monoisotopic (exact) mass is 285 g/mol. The van der Waals surface area contributed by atoms with E-state index in [-0.39, 0.29) is 17.3 Å². The molecule has 2 N–H and O–H groups in total. The van der Waals surface area contributed by atoms with E-state index < -0.39 is 15.6 Å². The van der Waals surface area contributed by atoms with E-state index in [2.05, 4.69) is 4.72 Å². The van der Waals surface area contributed by atoms with Crippen molar-refractivity contribution in [1.82, 2.24) is 4.72 Å². The van der Waals surface area contributed by atoms with Crippen LogP contribution in [0.15, 0.2) is 29.2 Å². The van der Waals surface area contributed by atoms with Gasteiger partial charge >= 0.3 is 0 Å². The van der Waals surface area contributed by atoms with Crippen LogP contribution in [0, 0.1) is 0 Å². The molecule has 0 bridgehead atoms. The predicted molar refractivity (Wildman–Crippen MR) is 72.5 cm³/mol. The Hall–Kier alpha value is -1.24. The summed E-state index contributed by atoms with van der Waals surface area (Å²) in [4.78, 5) is 11.3. The molecule has 0 spiro atoms. The summed E-state index contributed by atoms with van der Waals surface area (Å²) in [5, 5.41) is 8.91. The van der Waals surface area contributed by atoms with Gasteiger partial charge in [-0.05, 0) is 39.3 Å². The second-order valence-electron chi connectivity index (χ2n) is 5.05. The SMILES string of the molecule is CC(=O)c1cccc(S(=O)(=O)NC(C)(C)CCO)c1. The molecule has 0 aliphatic carbocycles. The smallest absolute Gasteiger partial charge is 0.241 e. The summed E-state index contributed by atoms with van der Waals surface area (Å²) in [5.74, 6) is -0.188. The summed E-state index contributed by atoms with van der Waals surface area (Å²) in [5.41, 5.74) is -0.400. The van der Waals surface area contributed by atoms with Crippen LogP contribution in [-0.2, 0) is 10.0 Å². The lowest BCUT2D eigenvalue weighted by atomic mass is 10.0. The Morgan fingerprint density at radius 1 is 1.37 bits per heavy atom. The molecule has 0 radical (unpaired) electrons. The van der Waals surface area contributed by atoms with Gasteiger partial charge in [-0.2, -0.15) is 0 Å². The van der Waals surface area contributed by atoms with Gasteiger partial charge in [-0.1, -0.05) is 12.1 Å². The van der Waals surface area contributed by atoms with Gasteiger partial charge in [-0.3, -0.25) is 4.79 Å². The quantitative estimate of drug-likeness (QED) is 0.772. The van der Waals surface area contributed by atoms with Crippen molar-refractivity contribution in [1.29, 1.82) is 0 Å². The number of sulfonamides is 1. The first-order valence-electron chi connectivity index (χ1n) is 5.94. The number of benzene rings is 1. The fourth-order valence-corrected chi connectivity index (χ4v) is 3.12. The third-order valence-corrected chi connectivity index (χ3v) is 4.39. The highest BCUT2D eigenvalue weighted by Crippen LogP contribution is 2.16. The van der Waals surface area contributed by atoms with Gasteiger partial charge < -0.3 is 5.11 Å². The Morgan fingerprint density at radius 2 is 2.00 bits per heavy atom. The first kappa shape index (κ1) is 15.8. The molecule has 1 aromatic rings. The molecule has 0 fully saturated rings. The number of hydrogen-bond donors (Lipinski definition) is 2. The highest BCUT2D eigenvalue weighted by molar-refractivity contribution is 7.89. The van der Waals surface area contributed by atoms with Crippen molar-refractivity contribution >= 4 is 15.8 Å². The number of rotatable bonds is 6. The van der Waals surface area contributed by atoms with Gasteiger partial charge in [0.15, 0.2) is 5.78 Å². The second-order valence-corrected chi connectivity index (χ2v) is 6.73. The molecule has 19 heavy (non-hydrogen) atoms. The van der Waals surface area contributed by atoms with Gasteiger partial charge in [-0.15, -0.1) is 0 Å². The van der Waals surface area contributed by atoms with Gasteiger partial charge in [0.05, 0.1) is 4.90 Å². The van der Waals surface area contributed by atoms with E-state index in [0.29, 0.717) is 12.0 Å². The molecule has 6 heteroatoms. The Balaban J connectivity index is 3.07. The van der Waals surface area contributed by atoms with Crippen LogP contribution < -0.4 is 4.72 Å². The Kier molecular flexibility index (Phi) is 4.84. The summed E-state index contributed by atoms with van der Waals surface area (Å²) in [7, 11) is -3.71. The Labute approximate surface area is 113 Å². The number of carbonyl (C=O) groups excluding carboxylic acids is 1. The minimum atomic E-state index is -3.71. The molecule has 0 saturated carbocycles. The zero-order valence-corrected chi connectivity index (χ0v) is 12.1. The number of Topliss-reactive ketones (excluding diaryl/α,β-unsaturated/α-hetero) is 1. The molecule has 0 unspecified atom stereocenters. The van der Waals surface area contributed by atoms with Crippen LogP contribution in [-0.4, -0.2) is 31.5 Å². The van der Waals surface area contributed by atoms with Crippen LogP contribution in [0.5, 0.6) is 0 Å². The summed E-state index contributed by atoms with van der Waals surface area (Å²) >= 11 is 0. The van der Waals surface area contributed by atoms with E-state index in [9.17, 15) is 13.2 Å². The van der Waals surface area contributed by atoms with Crippen LogP contribution in [0.1, 0.15) is 37.6 Å². The lowest BCUT2D eigenvalue weighted by Gasteiger charge is -2.25. The molecule has 1 aromatic carbocycles. The Bertz CT molecular complexity index is 564. The molecule has 5 nitrogen and oxygen atoms in total. The molecule has 1 rings (SSSR count).